The summed E-state index contributed by atoms with van der Waals surface area (Å²) in [5.74, 6) is 0.891. The van der Waals surface area contributed by atoms with Crippen LogP contribution in [0.2, 0.25) is 37.8 Å². The Bertz CT molecular complexity index is 446. The molecule has 0 spiro atoms. The van der Waals surface area contributed by atoms with Gasteiger partial charge in [0.1, 0.15) is 12.0 Å². The van der Waals surface area contributed by atoms with Gasteiger partial charge in [-0.3, -0.25) is 0 Å². The van der Waals surface area contributed by atoms with Crippen molar-refractivity contribution in [2.75, 3.05) is 6.61 Å². The van der Waals surface area contributed by atoms with Crippen LogP contribution in [0.5, 0.6) is 0 Å². The number of rotatable bonds is 8. The molecule has 0 amide bonds. The molecule has 0 aliphatic heterocycles. The largest absolute Gasteiger partial charge is 0.543 e. The summed E-state index contributed by atoms with van der Waals surface area (Å²) in [6, 6.07) is 5.20. The topological polar surface area (TPSA) is 42.6 Å². The SMILES string of the molecule is CC[Si](CC)(CC)O/C(=C(/CO)[Si](C)(C)C)c1ccoc1. The van der Waals surface area contributed by atoms with Crippen LogP contribution >= 0.6 is 0 Å². The monoisotopic (exact) mass is 326 g/mol. The van der Waals surface area contributed by atoms with Crippen LogP contribution in [0.3, 0.4) is 0 Å². The third kappa shape index (κ3) is 4.34. The molecule has 5 heteroatoms. The van der Waals surface area contributed by atoms with E-state index in [-0.39, 0.29) is 6.61 Å². The Labute approximate surface area is 131 Å². The zero-order chi connectivity index (χ0) is 16.1. The van der Waals surface area contributed by atoms with Gasteiger partial charge in [-0.05, 0) is 29.4 Å². The van der Waals surface area contributed by atoms with Gasteiger partial charge in [0, 0.05) is 0 Å². The van der Waals surface area contributed by atoms with E-state index in [1.807, 2.05) is 6.07 Å². The van der Waals surface area contributed by atoms with Crippen molar-refractivity contribution in [3.05, 3.63) is 29.4 Å². The maximum Gasteiger partial charge on any atom is 0.250 e. The number of aliphatic hydroxyl groups is 1. The van der Waals surface area contributed by atoms with E-state index < -0.39 is 16.4 Å². The summed E-state index contributed by atoms with van der Waals surface area (Å²) >= 11 is 0. The highest BCUT2D eigenvalue weighted by Gasteiger charge is 2.34. The van der Waals surface area contributed by atoms with Crippen molar-refractivity contribution >= 4 is 22.2 Å². The van der Waals surface area contributed by atoms with Crippen LogP contribution < -0.4 is 0 Å². The number of hydrogen-bond acceptors (Lipinski definition) is 3. The van der Waals surface area contributed by atoms with Crippen molar-refractivity contribution in [3.8, 4) is 0 Å². The molecule has 0 fully saturated rings. The highest BCUT2D eigenvalue weighted by molar-refractivity contribution is 6.84. The fourth-order valence-electron chi connectivity index (χ4n) is 2.52. The summed E-state index contributed by atoms with van der Waals surface area (Å²) in [7, 11) is -3.44. The highest BCUT2D eigenvalue weighted by Crippen LogP contribution is 2.34. The third-order valence-electron chi connectivity index (χ3n) is 4.37. The Morgan fingerprint density at radius 1 is 1.14 bits per heavy atom. The summed E-state index contributed by atoms with van der Waals surface area (Å²) in [4.78, 5) is 0. The summed E-state index contributed by atoms with van der Waals surface area (Å²) in [6.45, 7) is 13.5. The molecule has 1 aromatic heterocycles. The van der Waals surface area contributed by atoms with Gasteiger partial charge < -0.3 is 13.9 Å². The molecule has 0 bridgehead atoms. The van der Waals surface area contributed by atoms with Gasteiger partial charge in [-0.2, -0.15) is 0 Å². The van der Waals surface area contributed by atoms with Gasteiger partial charge in [0.2, 0.25) is 8.32 Å². The second-order valence-corrected chi connectivity index (χ2v) is 16.4. The lowest BCUT2D eigenvalue weighted by Crippen LogP contribution is -2.37. The first-order valence-corrected chi connectivity index (χ1v) is 13.9. The molecular formula is C16H30O3Si2. The van der Waals surface area contributed by atoms with Crippen molar-refractivity contribution in [2.45, 2.75) is 58.5 Å². The Morgan fingerprint density at radius 3 is 2.05 bits per heavy atom. The Balaban J connectivity index is 3.37. The standard InChI is InChI=1S/C16H30O3Si2/c1-7-21(8-2,9-3)19-16(14-10-11-18-13-14)15(12-17)20(4,5)6/h10-11,13,17H,7-9,12H2,1-6H3/b16-15-. The molecule has 0 aliphatic rings. The fraction of sp³-hybridized carbons (Fsp3) is 0.625. The van der Waals surface area contributed by atoms with Gasteiger partial charge in [0.25, 0.3) is 0 Å². The minimum Gasteiger partial charge on any atom is -0.543 e. The second kappa shape index (κ2) is 7.47. The summed E-state index contributed by atoms with van der Waals surface area (Å²) < 4.78 is 11.9. The molecule has 0 radical (unpaired) electrons. The summed E-state index contributed by atoms with van der Waals surface area (Å²) in [5.41, 5.74) is 0.966. The van der Waals surface area contributed by atoms with Crippen LogP contribution in [0.4, 0.5) is 0 Å². The quantitative estimate of drug-likeness (QED) is 0.547. The molecule has 1 N–H and O–H groups in total. The lowest BCUT2D eigenvalue weighted by molar-refractivity contribution is 0.334. The summed E-state index contributed by atoms with van der Waals surface area (Å²) in [6.07, 6.45) is 3.40. The highest BCUT2D eigenvalue weighted by atomic mass is 28.4. The Morgan fingerprint density at radius 2 is 1.71 bits per heavy atom. The first-order valence-electron chi connectivity index (χ1n) is 7.89. The molecule has 1 rings (SSSR count). The van der Waals surface area contributed by atoms with Gasteiger partial charge in [0.15, 0.2) is 0 Å². The van der Waals surface area contributed by atoms with E-state index in [1.165, 1.54) is 0 Å². The van der Waals surface area contributed by atoms with E-state index in [9.17, 15) is 5.11 Å². The Kier molecular flexibility index (Phi) is 6.50. The smallest absolute Gasteiger partial charge is 0.250 e. The van der Waals surface area contributed by atoms with Gasteiger partial charge in [0.05, 0.1) is 26.5 Å². The van der Waals surface area contributed by atoms with Crippen molar-refractivity contribution in [2.24, 2.45) is 0 Å². The molecule has 0 aliphatic carbocycles. The normalized spacial score (nSPS) is 14.0. The first kappa shape index (κ1) is 18.3. The summed E-state index contributed by atoms with van der Waals surface area (Å²) in [5, 5.41) is 11.0. The van der Waals surface area contributed by atoms with Crippen LogP contribution in [0.1, 0.15) is 26.3 Å². The van der Waals surface area contributed by atoms with Gasteiger partial charge in [-0.1, -0.05) is 40.4 Å². The predicted octanol–water partition coefficient (Wildman–Crippen LogP) is 4.88. The average molecular weight is 327 g/mol. The number of aliphatic hydroxyl groups excluding tert-OH is 1. The van der Waals surface area contributed by atoms with Crippen molar-refractivity contribution < 1.29 is 13.9 Å². The molecule has 120 valence electrons. The molecule has 1 heterocycles. The molecule has 21 heavy (non-hydrogen) atoms. The van der Waals surface area contributed by atoms with E-state index in [2.05, 4.69) is 40.4 Å². The van der Waals surface area contributed by atoms with Gasteiger partial charge in [-0.15, -0.1) is 0 Å². The van der Waals surface area contributed by atoms with Crippen molar-refractivity contribution in [1.29, 1.82) is 0 Å². The van der Waals surface area contributed by atoms with Gasteiger partial charge in [-0.25, -0.2) is 0 Å². The predicted molar refractivity (Wildman–Crippen MR) is 94.3 cm³/mol. The molecule has 0 saturated heterocycles. The number of hydrogen-bond donors (Lipinski definition) is 1. The van der Waals surface area contributed by atoms with E-state index in [0.717, 1.165) is 34.7 Å². The molecule has 0 unspecified atom stereocenters. The zero-order valence-electron chi connectivity index (χ0n) is 14.3. The van der Waals surface area contributed by atoms with E-state index in [0.29, 0.717) is 0 Å². The van der Waals surface area contributed by atoms with Crippen LogP contribution in [-0.4, -0.2) is 28.1 Å². The molecule has 0 saturated carbocycles. The molecule has 1 aromatic rings. The van der Waals surface area contributed by atoms with E-state index >= 15 is 0 Å². The second-order valence-electron chi connectivity index (χ2n) is 6.57. The average Bonchev–Trinajstić information content (AvgIpc) is 2.96. The third-order valence-corrected chi connectivity index (χ3v) is 11.1. The van der Waals surface area contributed by atoms with Crippen molar-refractivity contribution in [3.63, 3.8) is 0 Å². The molecular weight excluding hydrogens is 296 g/mol. The fourth-order valence-corrected chi connectivity index (χ4v) is 6.58. The minimum atomic E-state index is -1.78. The zero-order valence-corrected chi connectivity index (χ0v) is 16.3. The first-order chi connectivity index (χ1) is 9.83. The lowest BCUT2D eigenvalue weighted by atomic mass is 10.3. The maximum atomic E-state index is 9.93. The van der Waals surface area contributed by atoms with E-state index in [1.54, 1.807) is 12.5 Å². The van der Waals surface area contributed by atoms with Crippen LogP contribution in [0, 0.1) is 0 Å². The van der Waals surface area contributed by atoms with Gasteiger partial charge >= 0.3 is 0 Å². The molecule has 3 nitrogen and oxygen atoms in total. The minimum absolute atomic E-state index is 0.0673. The van der Waals surface area contributed by atoms with Crippen LogP contribution in [0.15, 0.2) is 28.2 Å². The van der Waals surface area contributed by atoms with Crippen LogP contribution in [-0.2, 0) is 4.43 Å². The maximum absolute atomic E-state index is 9.93. The van der Waals surface area contributed by atoms with Crippen LogP contribution in [0.25, 0.3) is 5.76 Å². The molecule has 0 aromatic carbocycles. The lowest BCUT2D eigenvalue weighted by Gasteiger charge is -2.33. The molecule has 0 atom stereocenters. The number of furan rings is 1. The van der Waals surface area contributed by atoms with Crippen molar-refractivity contribution in [1.82, 2.24) is 0 Å². The van der Waals surface area contributed by atoms with E-state index in [4.69, 9.17) is 8.84 Å². The Hall–Kier alpha value is -0.786.